The normalized spacial score (nSPS) is 44.9. The molecule has 2 heterocycles. The van der Waals surface area contributed by atoms with E-state index in [0.717, 1.165) is 0 Å². The van der Waals surface area contributed by atoms with Crippen molar-refractivity contribution in [1.82, 2.24) is 0 Å². The number of hydrogen-bond donors (Lipinski definition) is 4. The molecule has 2 fully saturated rings. The van der Waals surface area contributed by atoms with Crippen LogP contribution in [0.15, 0.2) is 15.5 Å². The van der Waals surface area contributed by atoms with Crippen molar-refractivity contribution in [1.29, 1.82) is 0 Å². The predicted octanol–water partition coefficient (Wildman–Crippen LogP) is -2.39. The van der Waals surface area contributed by atoms with Gasteiger partial charge in [-0.2, -0.15) is 14.7 Å². The monoisotopic (exact) mass is 365 g/mol. The Hall–Kier alpha value is -1.48. The number of nitrogens with zero attached hydrogens (tertiary/aromatic N) is 3. The molecule has 9 atom stereocenters. The second kappa shape index (κ2) is 8.75. The molecule has 0 unspecified atom stereocenters. The third-order valence-corrected chi connectivity index (χ3v) is 4.20. The molecule has 0 aliphatic carbocycles. The molecule has 0 radical (unpaired) electrons. The van der Waals surface area contributed by atoms with Gasteiger partial charge in [-0.3, -0.25) is 0 Å². The first-order chi connectivity index (χ1) is 11.9. The molecule has 25 heavy (non-hydrogen) atoms. The summed E-state index contributed by atoms with van der Waals surface area (Å²) in [5, 5.41) is 46.8. The van der Waals surface area contributed by atoms with E-state index in [2.05, 4.69) is 15.5 Å². The summed E-state index contributed by atoms with van der Waals surface area (Å²) in [5.41, 5.74) is 0. The zero-order chi connectivity index (χ0) is 18.6. The average molecular weight is 365 g/mol. The van der Waals surface area contributed by atoms with E-state index in [-0.39, 0.29) is 13.2 Å². The molecule has 2 saturated heterocycles. The van der Waals surface area contributed by atoms with E-state index in [1.165, 1.54) is 0 Å². The van der Waals surface area contributed by atoms with Gasteiger partial charge in [0, 0.05) is 0 Å². The zero-order valence-corrected chi connectivity index (χ0v) is 12.9. The lowest BCUT2D eigenvalue weighted by atomic mass is 9.97. The van der Waals surface area contributed by atoms with Crippen molar-refractivity contribution in [2.75, 3.05) is 19.8 Å². The molecule has 0 spiro atoms. The van der Waals surface area contributed by atoms with Gasteiger partial charge in [-0.15, -0.1) is 0 Å². The maximum absolute atomic E-state index is 10.9. The number of ether oxygens (including phenoxy) is 3. The Kier molecular flexibility index (Phi) is 6.95. The first-order valence-corrected chi connectivity index (χ1v) is 7.49. The highest BCUT2D eigenvalue weighted by Crippen LogP contribution is 2.26. The largest absolute Gasteiger partial charge is 0.388 e. The summed E-state index contributed by atoms with van der Waals surface area (Å²) in [5.74, 6) is 0. The lowest BCUT2D eigenvalue weighted by Gasteiger charge is -2.40. The van der Waals surface area contributed by atoms with Gasteiger partial charge >= 0.3 is 0 Å². The van der Waals surface area contributed by atoms with Gasteiger partial charge in [0.1, 0.15) is 49.2 Å². The van der Waals surface area contributed by atoms with Gasteiger partial charge in [-0.25, -0.2) is 0 Å². The van der Waals surface area contributed by atoms with E-state index in [1.54, 1.807) is 0 Å². The molecule has 4 N–H and O–H groups in total. The summed E-state index contributed by atoms with van der Waals surface area (Å²) in [7, 11) is 0. The van der Waals surface area contributed by atoms with Gasteiger partial charge in [0.2, 0.25) is 0 Å². The first-order valence-electron chi connectivity index (χ1n) is 7.49. The highest BCUT2D eigenvalue weighted by Gasteiger charge is 2.47. The summed E-state index contributed by atoms with van der Waals surface area (Å²) < 4.78 is 15.7. The van der Waals surface area contributed by atoms with Crippen LogP contribution in [0.5, 0.6) is 0 Å². The van der Waals surface area contributed by atoms with Crippen molar-refractivity contribution in [3.63, 3.8) is 0 Å². The van der Waals surface area contributed by atoms with Crippen LogP contribution in [0.3, 0.4) is 0 Å². The number of aliphatic hydroxyl groups excluding tert-OH is 4. The topological polar surface area (TPSA) is 197 Å². The van der Waals surface area contributed by atoms with Crippen LogP contribution in [0.2, 0.25) is 0 Å². The van der Waals surface area contributed by atoms with Crippen molar-refractivity contribution in [2.24, 2.45) is 15.5 Å². The minimum Gasteiger partial charge on any atom is -0.388 e. The summed E-state index contributed by atoms with van der Waals surface area (Å²) in [6, 6.07) is -2.82. The summed E-state index contributed by atoms with van der Waals surface area (Å²) in [6.07, 6.45) is -9.65. The number of hydrogen-bond acceptors (Lipinski definition) is 13. The molecule has 0 amide bonds. The molecule has 13 nitrogen and oxygen atoms in total. The molecule has 0 bridgehead atoms. The molecule has 0 aromatic rings. The van der Waals surface area contributed by atoms with Crippen molar-refractivity contribution in [3.8, 4) is 0 Å². The van der Waals surface area contributed by atoms with E-state index in [1.807, 2.05) is 0 Å². The summed E-state index contributed by atoms with van der Waals surface area (Å²) in [6.45, 7) is -1.14. The average Bonchev–Trinajstić information content (AvgIpc) is 2.60. The molecule has 0 aromatic carbocycles. The molecule has 2 aliphatic heterocycles. The van der Waals surface area contributed by atoms with Gasteiger partial charge in [-0.1, -0.05) is 15.5 Å². The van der Waals surface area contributed by atoms with Crippen molar-refractivity contribution in [2.45, 2.75) is 55.0 Å². The second-order valence-corrected chi connectivity index (χ2v) is 5.79. The van der Waals surface area contributed by atoms with Crippen LogP contribution >= 0.6 is 0 Å². The fraction of sp³-hybridized carbons (Fsp3) is 1.00. The van der Waals surface area contributed by atoms with Gasteiger partial charge in [-0.05, 0) is 0 Å². The van der Waals surface area contributed by atoms with Crippen LogP contribution in [0.4, 0.5) is 0 Å². The van der Waals surface area contributed by atoms with Crippen molar-refractivity contribution >= 4 is 0 Å². The Labute approximate surface area is 140 Å². The Morgan fingerprint density at radius 1 is 0.920 bits per heavy atom. The van der Waals surface area contributed by atoms with E-state index in [4.69, 9.17) is 14.2 Å². The van der Waals surface area contributed by atoms with E-state index in [9.17, 15) is 35.1 Å². The number of aliphatic hydroxyl groups is 4. The third-order valence-electron chi connectivity index (χ3n) is 4.20. The highest BCUT2D eigenvalue weighted by atomic mass is 16.7. The number of rotatable bonds is 7. The Balaban J connectivity index is 2.02. The third kappa shape index (κ3) is 4.20. The first kappa shape index (κ1) is 19.8. The maximum atomic E-state index is 10.9. The maximum Gasteiger partial charge on any atom is 0.186 e. The fourth-order valence-corrected chi connectivity index (χ4v) is 2.72. The predicted molar refractivity (Wildman–Crippen MR) is 78.2 cm³/mol. The van der Waals surface area contributed by atoms with Gasteiger partial charge in [0.25, 0.3) is 0 Å². The van der Waals surface area contributed by atoms with Crippen LogP contribution in [0.25, 0.3) is 0 Å². The minimum absolute atomic E-state index is 0.263. The summed E-state index contributed by atoms with van der Waals surface area (Å²) >= 11 is 0. The van der Waals surface area contributed by atoms with Crippen LogP contribution in [-0.4, -0.2) is 95.2 Å². The van der Waals surface area contributed by atoms with E-state index in [0.29, 0.717) is 0 Å². The minimum atomic E-state index is -1.65. The lowest BCUT2D eigenvalue weighted by molar-refractivity contribution is -0.267. The van der Waals surface area contributed by atoms with Crippen LogP contribution in [-0.2, 0) is 14.2 Å². The molecular weight excluding hydrogens is 346 g/mol. The standard InChI is InChI=1S/C12H19N3O10/c16-4-2-23-6(7(14-21)9(4)17)3-24-12-8(15-22)11(19)10(18)5(25-12)1-13-20/h4-12,16-19H,1-3H2/t4-,5+,6+,7+,8+,9+,10+,11+,12+/m0/s1. The van der Waals surface area contributed by atoms with Crippen molar-refractivity contribution in [3.05, 3.63) is 14.7 Å². The van der Waals surface area contributed by atoms with E-state index >= 15 is 0 Å². The SMILES string of the molecule is O=NC[C@H]1O[C@@H](OC[C@H]2OC[C@H](O)[C@@H](O)[C@@H]2N=O)[C@H](N=O)[C@@H](O)[C@@H]1O. The Bertz CT molecular complexity index is 480. The quantitative estimate of drug-likeness (QED) is 0.353. The molecule has 142 valence electrons. The fourth-order valence-electron chi connectivity index (χ4n) is 2.72. The summed E-state index contributed by atoms with van der Waals surface area (Å²) in [4.78, 5) is 32.1. The van der Waals surface area contributed by atoms with E-state index < -0.39 is 61.5 Å². The smallest absolute Gasteiger partial charge is 0.186 e. The van der Waals surface area contributed by atoms with Crippen LogP contribution in [0, 0.1) is 14.7 Å². The Morgan fingerprint density at radius 3 is 2.20 bits per heavy atom. The molecular formula is C12H19N3O10. The van der Waals surface area contributed by atoms with Gasteiger partial charge in [0.05, 0.1) is 13.2 Å². The Morgan fingerprint density at radius 2 is 1.60 bits per heavy atom. The van der Waals surface area contributed by atoms with Gasteiger partial charge < -0.3 is 34.6 Å². The van der Waals surface area contributed by atoms with Crippen molar-refractivity contribution < 1.29 is 34.6 Å². The highest BCUT2D eigenvalue weighted by molar-refractivity contribution is 4.95. The molecule has 2 rings (SSSR count). The van der Waals surface area contributed by atoms with Crippen LogP contribution in [0.1, 0.15) is 0 Å². The van der Waals surface area contributed by atoms with Gasteiger partial charge in [0.15, 0.2) is 12.3 Å². The van der Waals surface area contributed by atoms with Crippen LogP contribution < -0.4 is 0 Å². The lowest BCUT2D eigenvalue weighted by Crippen LogP contribution is -2.59. The molecule has 13 heteroatoms. The molecule has 2 aliphatic rings. The zero-order valence-electron chi connectivity index (χ0n) is 12.9. The molecule has 0 aromatic heterocycles. The second-order valence-electron chi connectivity index (χ2n) is 5.79. The molecule has 0 saturated carbocycles. The number of nitroso groups, excluding NO2 is 3.